The standard InChI is InChI=1S/C23H27N3O5/c1-30-18-10-6-11-19(31-2)21(18)23(29)26-13-7-12-25(14-15-26)20(27)16-24-22(28)17-8-4-3-5-9-17/h3-6,8-11H,7,12-16H2,1-2H3,(H,24,28). The van der Waals surface area contributed by atoms with Gasteiger partial charge in [0.25, 0.3) is 11.8 Å². The van der Waals surface area contributed by atoms with Gasteiger partial charge in [0.05, 0.1) is 20.8 Å². The highest BCUT2D eigenvalue weighted by Gasteiger charge is 2.27. The van der Waals surface area contributed by atoms with Crippen LogP contribution < -0.4 is 14.8 Å². The number of nitrogens with zero attached hydrogens (tertiary/aromatic N) is 2. The zero-order valence-corrected chi connectivity index (χ0v) is 17.8. The van der Waals surface area contributed by atoms with E-state index in [1.54, 1.807) is 52.3 Å². The topological polar surface area (TPSA) is 88.2 Å². The van der Waals surface area contributed by atoms with Gasteiger partial charge in [-0.05, 0) is 30.7 Å². The first-order valence-electron chi connectivity index (χ1n) is 10.2. The number of ether oxygens (including phenoxy) is 2. The molecule has 0 spiro atoms. The van der Waals surface area contributed by atoms with Gasteiger partial charge in [0.2, 0.25) is 5.91 Å². The third-order valence-electron chi connectivity index (χ3n) is 5.21. The smallest absolute Gasteiger partial charge is 0.261 e. The van der Waals surface area contributed by atoms with Crippen molar-refractivity contribution >= 4 is 17.7 Å². The number of benzene rings is 2. The first kappa shape index (κ1) is 22.1. The van der Waals surface area contributed by atoms with E-state index in [-0.39, 0.29) is 24.3 Å². The summed E-state index contributed by atoms with van der Waals surface area (Å²) in [6, 6.07) is 14.0. The minimum Gasteiger partial charge on any atom is -0.496 e. The molecule has 3 rings (SSSR count). The molecule has 0 atom stereocenters. The van der Waals surface area contributed by atoms with Crippen LogP contribution in [0.5, 0.6) is 11.5 Å². The molecule has 3 amide bonds. The molecule has 0 saturated carbocycles. The molecule has 2 aromatic rings. The van der Waals surface area contributed by atoms with Gasteiger partial charge >= 0.3 is 0 Å². The first-order chi connectivity index (χ1) is 15.0. The Balaban J connectivity index is 1.60. The maximum Gasteiger partial charge on any atom is 0.261 e. The summed E-state index contributed by atoms with van der Waals surface area (Å²) in [6.45, 7) is 1.73. The van der Waals surface area contributed by atoms with E-state index in [1.165, 1.54) is 14.2 Å². The lowest BCUT2D eigenvalue weighted by atomic mass is 10.1. The van der Waals surface area contributed by atoms with Crippen LogP contribution in [0.2, 0.25) is 0 Å². The summed E-state index contributed by atoms with van der Waals surface area (Å²) in [5.41, 5.74) is 0.885. The van der Waals surface area contributed by atoms with Crippen molar-refractivity contribution in [1.82, 2.24) is 15.1 Å². The summed E-state index contributed by atoms with van der Waals surface area (Å²) < 4.78 is 10.7. The Labute approximate surface area is 181 Å². The fraction of sp³-hybridized carbons (Fsp3) is 0.348. The highest BCUT2D eigenvalue weighted by molar-refractivity contribution is 6.00. The van der Waals surface area contributed by atoms with Gasteiger partial charge in [-0.1, -0.05) is 24.3 Å². The lowest BCUT2D eigenvalue weighted by molar-refractivity contribution is -0.129. The molecule has 0 unspecified atom stereocenters. The maximum absolute atomic E-state index is 13.2. The van der Waals surface area contributed by atoms with Crippen molar-refractivity contribution in [2.24, 2.45) is 0 Å². The van der Waals surface area contributed by atoms with E-state index < -0.39 is 0 Å². The number of hydrogen-bond acceptors (Lipinski definition) is 5. The molecule has 31 heavy (non-hydrogen) atoms. The average molecular weight is 425 g/mol. The Morgan fingerprint density at radius 3 is 2.10 bits per heavy atom. The van der Waals surface area contributed by atoms with Crippen molar-refractivity contribution in [2.75, 3.05) is 46.9 Å². The summed E-state index contributed by atoms with van der Waals surface area (Å²) >= 11 is 0. The van der Waals surface area contributed by atoms with Gasteiger partial charge < -0.3 is 24.6 Å². The van der Waals surface area contributed by atoms with Crippen LogP contribution in [0.4, 0.5) is 0 Å². The van der Waals surface area contributed by atoms with Gasteiger partial charge in [-0.25, -0.2) is 0 Å². The summed E-state index contributed by atoms with van der Waals surface area (Å²) in [4.78, 5) is 41.3. The second-order valence-corrected chi connectivity index (χ2v) is 7.11. The average Bonchev–Trinajstić information content (AvgIpc) is 3.08. The van der Waals surface area contributed by atoms with Crippen LogP contribution in [0.25, 0.3) is 0 Å². The third-order valence-corrected chi connectivity index (χ3v) is 5.21. The zero-order valence-electron chi connectivity index (χ0n) is 17.8. The summed E-state index contributed by atoms with van der Waals surface area (Å²) in [5, 5.41) is 2.66. The van der Waals surface area contributed by atoms with Crippen LogP contribution in [-0.2, 0) is 4.79 Å². The molecule has 0 radical (unpaired) electrons. The largest absolute Gasteiger partial charge is 0.496 e. The third kappa shape index (κ3) is 5.33. The SMILES string of the molecule is COc1cccc(OC)c1C(=O)N1CCCN(C(=O)CNC(=O)c2ccccc2)CC1. The Kier molecular flexibility index (Phi) is 7.48. The van der Waals surface area contributed by atoms with E-state index in [9.17, 15) is 14.4 Å². The van der Waals surface area contributed by atoms with Crippen LogP contribution in [-0.4, -0.2) is 74.5 Å². The van der Waals surface area contributed by atoms with Gasteiger partial charge in [0.15, 0.2) is 0 Å². The van der Waals surface area contributed by atoms with E-state index in [4.69, 9.17) is 9.47 Å². The van der Waals surface area contributed by atoms with Gasteiger partial charge in [0, 0.05) is 31.7 Å². The van der Waals surface area contributed by atoms with Gasteiger partial charge in [-0.2, -0.15) is 0 Å². The van der Waals surface area contributed by atoms with Crippen LogP contribution >= 0.6 is 0 Å². The molecule has 1 fully saturated rings. The molecule has 1 heterocycles. The fourth-order valence-electron chi connectivity index (χ4n) is 3.55. The van der Waals surface area contributed by atoms with E-state index in [1.807, 2.05) is 6.07 Å². The molecule has 8 heteroatoms. The quantitative estimate of drug-likeness (QED) is 0.763. The van der Waals surface area contributed by atoms with Crippen molar-refractivity contribution in [3.63, 3.8) is 0 Å². The van der Waals surface area contributed by atoms with Crippen LogP contribution in [0.15, 0.2) is 48.5 Å². The molecule has 2 aromatic carbocycles. The molecule has 164 valence electrons. The predicted molar refractivity (Wildman–Crippen MR) is 115 cm³/mol. The zero-order chi connectivity index (χ0) is 22.2. The second-order valence-electron chi connectivity index (χ2n) is 7.11. The highest BCUT2D eigenvalue weighted by atomic mass is 16.5. The number of carbonyl (C=O) groups is 3. The molecule has 1 aliphatic rings. The van der Waals surface area contributed by atoms with Crippen LogP contribution in [0, 0.1) is 0 Å². The number of amides is 3. The molecule has 1 N–H and O–H groups in total. The fourth-order valence-corrected chi connectivity index (χ4v) is 3.55. The molecule has 0 aromatic heterocycles. The van der Waals surface area contributed by atoms with Crippen molar-refractivity contribution in [2.45, 2.75) is 6.42 Å². The highest BCUT2D eigenvalue weighted by Crippen LogP contribution is 2.29. The molecule has 1 saturated heterocycles. The number of carbonyl (C=O) groups excluding carboxylic acids is 3. The Hall–Kier alpha value is -3.55. The van der Waals surface area contributed by atoms with E-state index in [0.29, 0.717) is 55.2 Å². The summed E-state index contributed by atoms with van der Waals surface area (Å²) in [7, 11) is 3.02. The molecular formula is C23H27N3O5. The van der Waals surface area contributed by atoms with Crippen molar-refractivity contribution in [1.29, 1.82) is 0 Å². The van der Waals surface area contributed by atoms with Gasteiger partial charge in [-0.15, -0.1) is 0 Å². The predicted octanol–water partition coefficient (Wildman–Crippen LogP) is 1.81. The number of hydrogen-bond donors (Lipinski definition) is 1. The molecule has 0 bridgehead atoms. The van der Waals surface area contributed by atoms with Crippen molar-refractivity contribution < 1.29 is 23.9 Å². The van der Waals surface area contributed by atoms with Crippen molar-refractivity contribution in [3.8, 4) is 11.5 Å². The Morgan fingerprint density at radius 1 is 0.839 bits per heavy atom. The summed E-state index contributed by atoms with van der Waals surface area (Å²) in [6.07, 6.45) is 0.640. The van der Waals surface area contributed by atoms with Crippen molar-refractivity contribution in [3.05, 3.63) is 59.7 Å². The minimum atomic E-state index is -0.288. The first-order valence-corrected chi connectivity index (χ1v) is 10.2. The van der Waals surface area contributed by atoms with Crippen LogP contribution in [0.3, 0.4) is 0 Å². The van der Waals surface area contributed by atoms with E-state index in [2.05, 4.69) is 5.32 Å². The van der Waals surface area contributed by atoms with E-state index >= 15 is 0 Å². The lowest BCUT2D eigenvalue weighted by Gasteiger charge is -2.23. The van der Waals surface area contributed by atoms with Crippen LogP contribution in [0.1, 0.15) is 27.1 Å². The molecular weight excluding hydrogens is 398 g/mol. The minimum absolute atomic E-state index is 0.0813. The Morgan fingerprint density at radius 2 is 1.45 bits per heavy atom. The molecule has 1 aliphatic heterocycles. The second kappa shape index (κ2) is 10.5. The number of rotatable bonds is 6. The normalized spacial score (nSPS) is 13.9. The number of methoxy groups -OCH3 is 2. The lowest BCUT2D eigenvalue weighted by Crippen LogP contribution is -2.42. The van der Waals surface area contributed by atoms with Gasteiger partial charge in [-0.3, -0.25) is 14.4 Å². The molecule has 0 aliphatic carbocycles. The molecule has 8 nitrogen and oxygen atoms in total. The number of nitrogens with one attached hydrogen (secondary N) is 1. The summed E-state index contributed by atoms with van der Waals surface area (Å²) in [5.74, 6) is 0.244. The van der Waals surface area contributed by atoms with Gasteiger partial charge in [0.1, 0.15) is 17.1 Å². The maximum atomic E-state index is 13.2. The Bertz CT molecular complexity index is 910. The monoisotopic (exact) mass is 425 g/mol. The van der Waals surface area contributed by atoms with E-state index in [0.717, 1.165) is 0 Å².